The van der Waals surface area contributed by atoms with Crippen LogP contribution in [0.2, 0.25) is 0 Å². The van der Waals surface area contributed by atoms with E-state index in [1.54, 1.807) is 18.2 Å². The second kappa shape index (κ2) is 8.14. The Labute approximate surface area is 138 Å². The summed E-state index contributed by atoms with van der Waals surface area (Å²) in [5.41, 5.74) is 0.623. The highest BCUT2D eigenvalue weighted by Crippen LogP contribution is 2.28. The van der Waals surface area contributed by atoms with Gasteiger partial charge in [0.1, 0.15) is 23.1 Å². The van der Waals surface area contributed by atoms with Crippen molar-refractivity contribution in [1.82, 2.24) is 0 Å². The number of carbonyl (C=O) groups is 1. The number of anilines is 2. The Morgan fingerprint density at radius 2 is 1.83 bits per heavy atom. The van der Waals surface area contributed by atoms with Gasteiger partial charge in [0.15, 0.2) is 0 Å². The van der Waals surface area contributed by atoms with Gasteiger partial charge in [0.25, 0.3) is 0 Å². The first-order valence-corrected chi connectivity index (χ1v) is 7.24. The first-order valence-electron chi connectivity index (χ1n) is 7.24. The normalized spacial score (nSPS) is 10.2. The average Bonchev–Trinajstić information content (AvgIpc) is 2.56. The van der Waals surface area contributed by atoms with Crippen molar-refractivity contribution in [3.63, 3.8) is 0 Å². The third-order valence-corrected chi connectivity index (χ3v) is 3.28. The molecule has 0 radical (unpaired) electrons. The second-order valence-electron chi connectivity index (χ2n) is 4.92. The number of hydrogen-bond donors (Lipinski definition) is 2. The first-order chi connectivity index (χ1) is 11.5. The molecule has 2 rings (SSSR count). The van der Waals surface area contributed by atoms with Crippen molar-refractivity contribution in [3.8, 4) is 11.5 Å². The number of nitrogens with one attached hydrogen (secondary N) is 2. The molecule has 0 aromatic heterocycles. The molecule has 128 valence electrons. The Morgan fingerprint density at radius 3 is 2.50 bits per heavy atom. The van der Waals surface area contributed by atoms with Crippen molar-refractivity contribution in [3.05, 3.63) is 48.0 Å². The van der Waals surface area contributed by atoms with Crippen molar-refractivity contribution in [2.45, 2.75) is 6.42 Å². The molecular weight excluding hydrogens is 318 g/mol. The minimum absolute atomic E-state index is 0.0944. The van der Waals surface area contributed by atoms with Crippen LogP contribution in [0.25, 0.3) is 0 Å². The van der Waals surface area contributed by atoms with Gasteiger partial charge in [-0.15, -0.1) is 0 Å². The SMILES string of the molecule is COc1ccc(OC)c(NC(=O)CCNc2ccc(F)cc2F)c1. The van der Waals surface area contributed by atoms with Crippen LogP contribution in [0, 0.1) is 11.6 Å². The van der Waals surface area contributed by atoms with Crippen LogP contribution in [0.3, 0.4) is 0 Å². The fraction of sp³-hybridized carbons (Fsp3) is 0.235. The van der Waals surface area contributed by atoms with Crippen molar-refractivity contribution in [2.75, 3.05) is 31.4 Å². The molecule has 0 aliphatic carbocycles. The molecule has 2 aromatic carbocycles. The van der Waals surface area contributed by atoms with Gasteiger partial charge in [-0.25, -0.2) is 8.78 Å². The fourth-order valence-corrected chi connectivity index (χ4v) is 2.07. The molecule has 5 nitrogen and oxygen atoms in total. The maximum absolute atomic E-state index is 13.5. The lowest BCUT2D eigenvalue weighted by Crippen LogP contribution is -2.17. The Hall–Kier alpha value is -2.83. The molecule has 0 bridgehead atoms. The maximum atomic E-state index is 13.5. The van der Waals surface area contributed by atoms with Gasteiger partial charge in [-0.05, 0) is 24.3 Å². The molecule has 0 aliphatic rings. The highest BCUT2D eigenvalue weighted by Gasteiger charge is 2.10. The van der Waals surface area contributed by atoms with E-state index in [4.69, 9.17) is 9.47 Å². The first kappa shape index (κ1) is 17.5. The van der Waals surface area contributed by atoms with Crippen LogP contribution < -0.4 is 20.1 Å². The second-order valence-corrected chi connectivity index (χ2v) is 4.92. The predicted molar refractivity (Wildman–Crippen MR) is 87.6 cm³/mol. The van der Waals surface area contributed by atoms with Gasteiger partial charge in [0.05, 0.1) is 25.6 Å². The topological polar surface area (TPSA) is 59.6 Å². The summed E-state index contributed by atoms with van der Waals surface area (Å²) in [6.07, 6.45) is 0.0944. The van der Waals surface area contributed by atoms with Crippen LogP contribution in [0.4, 0.5) is 20.2 Å². The summed E-state index contributed by atoms with van der Waals surface area (Å²) in [4.78, 5) is 12.0. The average molecular weight is 336 g/mol. The lowest BCUT2D eigenvalue weighted by molar-refractivity contribution is -0.116. The van der Waals surface area contributed by atoms with Crippen LogP contribution in [0.5, 0.6) is 11.5 Å². The van der Waals surface area contributed by atoms with Crippen LogP contribution in [-0.4, -0.2) is 26.7 Å². The van der Waals surface area contributed by atoms with E-state index in [0.717, 1.165) is 12.1 Å². The van der Waals surface area contributed by atoms with Crippen LogP contribution in [0.15, 0.2) is 36.4 Å². The largest absolute Gasteiger partial charge is 0.497 e. The zero-order valence-electron chi connectivity index (χ0n) is 13.4. The highest BCUT2D eigenvalue weighted by atomic mass is 19.1. The summed E-state index contributed by atoms with van der Waals surface area (Å²) in [6.45, 7) is 0.195. The molecule has 0 aliphatic heterocycles. The number of amides is 1. The summed E-state index contributed by atoms with van der Waals surface area (Å²) in [6, 6.07) is 8.25. The van der Waals surface area contributed by atoms with Gasteiger partial charge in [-0.2, -0.15) is 0 Å². The van der Waals surface area contributed by atoms with Gasteiger partial charge in [-0.3, -0.25) is 4.79 Å². The Morgan fingerprint density at radius 1 is 1.04 bits per heavy atom. The number of carbonyl (C=O) groups excluding carboxylic acids is 1. The van der Waals surface area contributed by atoms with E-state index in [-0.39, 0.29) is 24.6 Å². The van der Waals surface area contributed by atoms with Crippen molar-refractivity contribution in [1.29, 1.82) is 0 Å². The van der Waals surface area contributed by atoms with Crippen molar-refractivity contribution >= 4 is 17.3 Å². The molecule has 2 aromatic rings. The number of rotatable bonds is 7. The zero-order valence-corrected chi connectivity index (χ0v) is 13.4. The molecule has 0 heterocycles. The standard InChI is InChI=1S/C17H18F2N2O3/c1-23-12-4-6-16(24-2)15(10-12)21-17(22)7-8-20-14-5-3-11(18)9-13(14)19/h3-6,9-10,20H,7-8H2,1-2H3,(H,21,22). The van der Waals surface area contributed by atoms with E-state index >= 15 is 0 Å². The van der Waals surface area contributed by atoms with Crippen LogP contribution >= 0.6 is 0 Å². The minimum atomic E-state index is -0.704. The minimum Gasteiger partial charge on any atom is -0.497 e. The van der Waals surface area contributed by atoms with Crippen molar-refractivity contribution < 1.29 is 23.0 Å². The third kappa shape index (κ3) is 4.58. The van der Waals surface area contributed by atoms with E-state index in [0.29, 0.717) is 17.2 Å². The maximum Gasteiger partial charge on any atom is 0.226 e. The Kier molecular flexibility index (Phi) is 5.95. The van der Waals surface area contributed by atoms with Gasteiger partial charge in [-0.1, -0.05) is 0 Å². The van der Waals surface area contributed by atoms with Gasteiger partial charge < -0.3 is 20.1 Å². The van der Waals surface area contributed by atoms with E-state index in [1.165, 1.54) is 20.3 Å². The molecule has 24 heavy (non-hydrogen) atoms. The molecule has 0 saturated carbocycles. The molecular formula is C17H18F2N2O3. The monoisotopic (exact) mass is 336 g/mol. The summed E-state index contributed by atoms with van der Waals surface area (Å²) < 4.78 is 36.6. The van der Waals surface area contributed by atoms with Crippen molar-refractivity contribution in [2.24, 2.45) is 0 Å². The van der Waals surface area contributed by atoms with Crippen LogP contribution in [0.1, 0.15) is 6.42 Å². The predicted octanol–water partition coefficient (Wildman–Crippen LogP) is 3.42. The zero-order chi connectivity index (χ0) is 17.5. The smallest absolute Gasteiger partial charge is 0.226 e. The summed E-state index contributed by atoms with van der Waals surface area (Å²) in [7, 11) is 3.02. The molecule has 7 heteroatoms. The lowest BCUT2D eigenvalue weighted by atomic mass is 10.2. The third-order valence-electron chi connectivity index (χ3n) is 3.28. The lowest BCUT2D eigenvalue weighted by Gasteiger charge is -2.12. The van der Waals surface area contributed by atoms with Gasteiger partial charge in [0, 0.05) is 25.1 Å². The quantitative estimate of drug-likeness (QED) is 0.813. The van der Waals surface area contributed by atoms with E-state index < -0.39 is 11.6 Å². The highest BCUT2D eigenvalue weighted by molar-refractivity contribution is 5.92. The van der Waals surface area contributed by atoms with Crippen LogP contribution in [-0.2, 0) is 4.79 Å². The summed E-state index contributed by atoms with van der Waals surface area (Å²) in [5, 5.41) is 5.46. The Bertz CT molecular complexity index is 723. The molecule has 0 fully saturated rings. The van der Waals surface area contributed by atoms with E-state index in [2.05, 4.69) is 10.6 Å². The van der Waals surface area contributed by atoms with E-state index in [1.807, 2.05) is 0 Å². The molecule has 0 unspecified atom stereocenters. The number of methoxy groups -OCH3 is 2. The molecule has 0 spiro atoms. The number of hydrogen-bond acceptors (Lipinski definition) is 4. The molecule has 0 atom stereocenters. The number of ether oxygens (including phenoxy) is 2. The fourth-order valence-electron chi connectivity index (χ4n) is 2.07. The number of benzene rings is 2. The summed E-state index contributed by atoms with van der Waals surface area (Å²) in [5.74, 6) is -0.554. The number of halogens is 2. The van der Waals surface area contributed by atoms with E-state index in [9.17, 15) is 13.6 Å². The summed E-state index contributed by atoms with van der Waals surface area (Å²) >= 11 is 0. The molecule has 1 amide bonds. The molecule has 2 N–H and O–H groups in total. The van der Waals surface area contributed by atoms with Gasteiger partial charge in [0.2, 0.25) is 5.91 Å². The Balaban J connectivity index is 1.91. The van der Waals surface area contributed by atoms with Gasteiger partial charge >= 0.3 is 0 Å². The molecule has 0 saturated heterocycles.